The first-order valence-corrected chi connectivity index (χ1v) is 13.3. The molecule has 1 aliphatic rings. The minimum absolute atomic E-state index is 0.111. The number of aromatic amines is 1. The summed E-state index contributed by atoms with van der Waals surface area (Å²) in [5.41, 5.74) is 2.89. The molecular formula is C30H34FN5O3. The Morgan fingerprint density at radius 3 is 2.62 bits per heavy atom. The molecule has 9 heteroatoms. The molecule has 1 aliphatic carbocycles. The molecule has 2 aromatic carbocycles. The number of nitrogens with zero attached hydrogens (tertiary/aromatic N) is 3. The number of fused-ring (bicyclic) bond motifs is 1. The minimum atomic E-state index is -0.516. The highest BCUT2D eigenvalue weighted by Gasteiger charge is 2.36. The van der Waals surface area contributed by atoms with Crippen molar-refractivity contribution in [3.05, 3.63) is 71.1 Å². The van der Waals surface area contributed by atoms with Crippen molar-refractivity contribution >= 4 is 22.8 Å². The summed E-state index contributed by atoms with van der Waals surface area (Å²) in [5, 5.41) is 6.97. The first kappa shape index (κ1) is 26.6. The van der Waals surface area contributed by atoms with E-state index in [1.165, 1.54) is 11.2 Å². The predicted octanol–water partition coefficient (Wildman–Crippen LogP) is 6.05. The summed E-state index contributed by atoms with van der Waals surface area (Å²) in [6.07, 6.45) is 5.29. The van der Waals surface area contributed by atoms with Crippen molar-refractivity contribution in [3.63, 3.8) is 0 Å². The molecule has 39 heavy (non-hydrogen) atoms. The molecule has 2 unspecified atom stereocenters. The fourth-order valence-electron chi connectivity index (χ4n) is 5.74. The fraction of sp³-hybridized carbons (Fsp3) is 0.400. The summed E-state index contributed by atoms with van der Waals surface area (Å²) in [6.45, 7) is 6.19. The average Bonchev–Trinajstić information content (AvgIpc) is 3.53. The number of hydrogen-bond donors (Lipinski definition) is 2. The average molecular weight is 532 g/mol. The molecule has 204 valence electrons. The molecule has 1 saturated carbocycles. The van der Waals surface area contributed by atoms with Crippen LogP contribution in [0.25, 0.3) is 22.2 Å². The van der Waals surface area contributed by atoms with E-state index in [2.05, 4.69) is 29.3 Å². The lowest BCUT2D eigenvalue weighted by Crippen LogP contribution is -2.38. The van der Waals surface area contributed by atoms with Crippen molar-refractivity contribution in [2.75, 3.05) is 14.1 Å². The third-order valence-electron chi connectivity index (χ3n) is 7.76. The number of halogens is 1. The van der Waals surface area contributed by atoms with E-state index in [-0.39, 0.29) is 28.7 Å². The monoisotopic (exact) mass is 531 g/mol. The molecule has 0 saturated heterocycles. The SMILES string of the molecule is Cc1nocc1C(=O)NC(c1nc2c(F)c(-c3ccccc3C(=O)N(C)C)ccc2[nH]1)C1CCCC(C)(C)C1. The van der Waals surface area contributed by atoms with E-state index in [1.807, 2.05) is 0 Å². The van der Waals surface area contributed by atoms with Crippen molar-refractivity contribution in [2.24, 2.45) is 11.3 Å². The van der Waals surface area contributed by atoms with Gasteiger partial charge >= 0.3 is 0 Å². The van der Waals surface area contributed by atoms with Gasteiger partial charge in [-0.05, 0) is 61.3 Å². The third-order valence-corrected chi connectivity index (χ3v) is 7.76. The van der Waals surface area contributed by atoms with Crippen LogP contribution in [0, 0.1) is 24.1 Å². The van der Waals surface area contributed by atoms with Crippen LogP contribution in [0.2, 0.25) is 0 Å². The lowest BCUT2D eigenvalue weighted by atomic mass is 9.70. The first-order valence-electron chi connectivity index (χ1n) is 13.3. The number of amides is 2. The van der Waals surface area contributed by atoms with Gasteiger partial charge in [0, 0.05) is 25.2 Å². The smallest absolute Gasteiger partial charge is 0.257 e. The number of rotatable bonds is 6. The lowest BCUT2D eigenvalue weighted by Gasteiger charge is -2.38. The Hall–Kier alpha value is -4.01. The summed E-state index contributed by atoms with van der Waals surface area (Å²) < 4.78 is 21.0. The molecule has 5 rings (SSSR count). The van der Waals surface area contributed by atoms with Gasteiger partial charge in [0.2, 0.25) is 0 Å². The largest absolute Gasteiger partial charge is 0.364 e. The standard InChI is InChI=1S/C30H34FN5O3/c1-17-22(16-39-35-17)28(37)34-25(18-9-8-14-30(2,3)15-18)27-32-23-13-12-20(24(31)26(23)33-27)19-10-6-7-11-21(19)29(38)36(4)5/h6-7,10-13,16,18,25H,8-9,14-15H2,1-5H3,(H,32,33)(H,34,37). The highest BCUT2D eigenvalue weighted by atomic mass is 19.1. The van der Waals surface area contributed by atoms with Gasteiger partial charge in [-0.3, -0.25) is 9.59 Å². The van der Waals surface area contributed by atoms with Gasteiger partial charge in [0.05, 0.1) is 17.3 Å². The van der Waals surface area contributed by atoms with Crippen LogP contribution in [0.3, 0.4) is 0 Å². The molecule has 4 aromatic rings. The number of hydrogen-bond acceptors (Lipinski definition) is 5. The molecule has 2 amide bonds. The Balaban J connectivity index is 1.57. The van der Waals surface area contributed by atoms with Gasteiger partial charge in [0.15, 0.2) is 5.82 Å². The number of aryl methyl sites for hydroxylation is 1. The maximum Gasteiger partial charge on any atom is 0.257 e. The second kappa shape index (κ2) is 10.3. The Morgan fingerprint density at radius 1 is 1.15 bits per heavy atom. The van der Waals surface area contributed by atoms with E-state index in [1.54, 1.807) is 57.4 Å². The van der Waals surface area contributed by atoms with Crippen LogP contribution in [0.15, 0.2) is 47.2 Å². The highest BCUT2D eigenvalue weighted by Crippen LogP contribution is 2.44. The van der Waals surface area contributed by atoms with E-state index in [0.717, 1.165) is 25.7 Å². The number of aromatic nitrogens is 3. The second-order valence-electron chi connectivity index (χ2n) is 11.5. The number of H-pyrrole nitrogens is 1. The van der Waals surface area contributed by atoms with Gasteiger partial charge in [-0.2, -0.15) is 0 Å². The van der Waals surface area contributed by atoms with Gasteiger partial charge in [0.25, 0.3) is 11.8 Å². The van der Waals surface area contributed by atoms with E-state index >= 15 is 4.39 Å². The van der Waals surface area contributed by atoms with E-state index in [4.69, 9.17) is 9.51 Å². The summed E-state index contributed by atoms with van der Waals surface area (Å²) in [7, 11) is 3.33. The molecule has 2 aromatic heterocycles. The zero-order chi connectivity index (χ0) is 27.9. The van der Waals surface area contributed by atoms with Gasteiger partial charge < -0.3 is 19.7 Å². The Labute approximate surface area is 227 Å². The number of imidazole rings is 1. The Bertz CT molecular complexity index is 1540. The summed E-state index contributed by atoms with van der Waals surface area (Å²) in [5.74, 6) is -0.416. The van der Waals surface area contributed by atoms with E-state index < -0.39 is 11.9 Å². The molecular weight excluding hydrogens is 497 g/mol. The van der Waals surface area contributed by atoms with Crippen molar-refractivity contribution in [1.82, 2.24) is 25.3 Å². The predicted molar refractivity (Wildman–Crippen MR) is 147 cm³/mol. The maximum absolute atomic E-state index is 16.1. The van der Waals surface area contributed by atoms with Crippen molar-refractivity contribution in [1.29, 1.82) is 0 Å². The highest BCUT2D eigenvalue weighted by molar-refractivity contribution is 6.01. The minimum Gasteiger partial charge on any atom is -0.364 e. The van der Waals surface area contributed by atoms with Crippen LogP contribution in [-0.4, -0.2) is 45.9 Å². The summed E-state index contributed by atoms with van der Waals surface area (Å²) >= 11 is 0. The van der Waals surface area contributed by atoms with Crippen LogP contribution < -0.4 is 5.32 Å². The molecule has 0 bridgehead atoms. The van der Waals surface area contributed by atoms with Crippen molar-refractivity contribution in [2.45, 2.75) is 52.5 Å². The molecule has 2 heterocycles. The fourth-order valence-corrected chi connectivity index (χ4v) is 5.74. The molecule has 0 spiro atoms. The first-order chi connectivity index (χ1) is 18.6. The summed E-state index contributed by atoms with van der Waals surface area (Å²) in [4.78, 5) is 35.5. The van der Waals surface area contributed by atoms with Gasteiger partial charge in [0.1, 0.15) is 23.2 Å². The van der Waals surface area contributed by atoms with Crippen LogP contribution in [-0.2, 0) is 0 Å². The van der Waals surface area contributed by atoms with Crippen LogP contribution in [0.4, 0.5) is 4.39 Å². The molecule has 0 radical (unpaired) electrons. The quantitative estimate of drug-likeness (QED) is 0.315. The lowest BCUT2D eigenvalue weighted by molar-refractivity contribution is 0.0827. The van der Waals surface area contributed by atoms with Crippen LogP contribution in [0.5, 0.6) is 0 Å². The van der Waals surface area contributed by atoms with Crippen LogP contribution in [0.1, 0.15) is 77.8 Å². The Kier molecular flexibility index (Phi) is 7.01. The molecule has 2 N–H and O–H groups in total. The van der Waals surface area contributed by atoms with Gasteiger partial charge in [-0.1, -0.05) is 43.6 Å². The van der Waals surface area contributed by atoms with Gasteiger partial charge in [-0.25, -0.2) is 9.37 Å². The zero-order valence-electron chi connectivity index (χ0n) is 23.0. The molecule has 0 aliphatic heterocycles. The zero-order valence-corrected chi connectivity index (χ0v) is 23.0. The Morgan fingerprint density at radius 2 is 1.92 bits per heavy atom. The molecule has 1 fully saturated rings. The number of carbonyl (C=O) groups excluding carboxylic acids is 2. The number of nitrogens with one attached hydrogen (secondary N) is 2. The van der Waals surface area contributed by atoms with E-state index in [0.29, 0.717) is 39.3 Å². The molecule has 2 atom stereocenters. The van der Waals surface area contributed by atoms with Crippen molar-refractivity contribution in [3.8, 4) is 11.1 Å². The second-order valence-corrected chi connectivity index (χ2v) is 11.5. The number of carbonyl (C=O) groups is 2. The maximum atomic E-state index is 16.1. The topological polar surface area (TPSA) is 104 Å². The number of benzene rings is 2. The van der Waals surface area contributed by atoms with Crippen LogP contribution >= 0.6 is 0 Å². The normalized spacial score (nSPS) is 17.6. The van der Waals surface area contributed by atoms with Crippen molar-refractivity contribution < 1.29 is 18.5 Å². The summed E-state index contributed by atoms with van der Waals surface area (Å²) in [6, 6.07) is 9.96. The molecule has 8 nitrogen and oxygen atoms in total. The third kappa shape index (κ3) is 5.17. The van der Waals surface area contributed by atoms with E-state index in [9.17, 15) is 9.59 Å². The van der Waals surface area contributed by atoms with Gasteiger partial charge in [-0.15, -0.1) is 0 Å².